The summed E-state index contributed by atoms with van der Waals surface area (Å²) in [6.07, 6.45) is 1.82. The van der Waals surface area contributed by atoms with Crippen molar-refractivity contribution in [2.24, 2.45) is 0 Å². The number of aromatic amines is 1. The Kier molecular flexibility index (Phi) is 4.00. The zero-order valence-corrected chi connectivity index (χ0v) is 11.8. The first-order chi connectivity index (χ1) is 8.99. The fourth-order valence-electron chi connectivity index (χ4n) is 2.10. The summed E-state index contributed by atoms with van der Waals surface area (Å²) in [5, 5.41) is 10.5. The van der Waals surface area contributed by atoms with Gasteiger partial charge in [0.05, 0.1) is 11.9 Å². The van der Waals surface area contributed by atoms with Crippen molar-refractivity contribution < 1.29 is 4.39 Å². The summed E-state index contributed by atoms with van der Waals surface area (Å²) in [7, 11) is 0. The molecule has 0 aliphatic heterocycles. The third-order valence-corrected chi connectivity index (χ3v) is 3.14. The van der Waals surface area contributed by atoms with Crippen molar-refractivity contribution in [3.63, 3.8) is 0 Å². The third-order valence-electron chi connectivity index (χ3n) is 3.14. The van der Waals surface area contributed by atoms with Crippen LogP contribution in [0, 0.1) is 19.7 Å². The second-order valence-electron chi connectivity index (χ2n) is 5.23. The van der Waals surface area contributed by atoms with Gasteiger partial charge < -0.3 is 5.32 Å². The van der Waals surface area contributed by atoms with Crippen molar-refractivity contribution in [1.29, 1.82) is 0 Å². The van der Waals surface area contributed by atoms with Crippen molar-refractivity contribution in [3.8, 4) is 11.3 Å². The summed E-state index contributed by atoms with van der Waals surface area (Å²) in [6, 6.07) is 4.13. The Hall–Kier alpha value is -1.68. The Morgan fingerprint density at radius 2 is 1.89 bits per heavy atom. The molecule has 2 aromatic rings. The Bertz CT molecular complexity index is 550. The predicted octanol–water partition coefficient (Wildman–Crippen LogP) is 3.33. The molecule has 2 rings (SSSR count). The lowest BCUT2D eigenvalue weighted by Crippen LogP contribution is -2.21. The minimum absolute atomic E-state index is 0.134. The average Bonchev–Trinajstić information content (AvgIpc) is 2.81. The predicted molar refractivity (Wildman–Crippen MR) is 75.4 cm³/mol. The lowest BCUT2D eigenvalue weighted by atomic mass is 10.0. The molecule has 1 aromatic heterocycles. The van der Waals surface area contributed by atoms with Crippen molar-refractivity contribution in [1.82, 2.24) is 15.5 Å². The zero-order valence-electron chi connectivity index (χ0n) is 11.8. The van der Waals surface area contributed by atoms with Gasteiger partial charge in [-0.2, -0.15) is 5.10 Å². The van der Waals surface area contributed by atoms with Gasteiger partial charge in [0.1, 0.15) is 5.82 Å². The molecule has 0 unspecified atom stereocenters. The van der Waals surface area contributed by atoms with Gasteiger partial charge in [-0.3, -0.25) is 5.10 Å². The zero-order chi connectivity index (χ0) is 14.0. The molecule has 0 radical (unpaired) electrons. The summed E-state index contributed by atoms with van der Waals surface area (Å²) >= 11 is 0. The third kappa shape index (κ3) is 3.01. The molecule has 0 bridgehead atoms. The first-order valence-electron chi connectivity index (χ1n) is 6.51. The van der Waals surface area contributed by atoms with E-state index in [0.717, 1.165) is 23.4 Å². The highest BCUT2D eigenvalue weighted by atomic mass is 19.1. The highest BCUT2D eigenvalue weighted by Crippen LogP contribution is 2.25. The highest BCUT2D eigenvalue weighted by molar-refractivity contribution is 5.64. The van der Waals surface area contributed by atoms with Crippen molar-refractivity contribution in [2.75, 3.05) is 0 Å². The van der Waals surface area contributed by atoms with Crippen LogP contribution < -0.4 is 5.32 Å². The second kappa shape index (κ2) is 5.53. The van der Waals surface area contributed by atoms with Crippen molar-refractivity contribution in [2.45, 2.75) is 40.3 Å². The number of H-pyrrole nitrogens is 1. The van der Waals surface area contributed by atoms with E-state index >= 15 is 0 Å². The number of aromatic nitrogens is 2. The molecule has 0 saturated carbocycles. The van der Waals surface area contributed by atoms with Gasteiger partial charge >= 0.3 is 0 Å². The monoisotopic (exact) mass is 261 g/mol. The molecule has 3 nitrogen and oxygen atoms in total. The van der Waals surface area contributed by atoms with Crippen LogP contribution in [0.25, 0.3) is 11.3 Å². The maximum absolute atomic E-state index is 13.7. The first kappa shape index (κ1) is 13.7. The summed E-state index contributed by atoms with van der Waals surface area (Å²) in [5.74, 6) is -0.134. The van der Waals surface area contributed by atoms with Gasteiger partial charge in [-0.1, -0.05) is 13.8 Å². The molecule has 4 heteroatoms. The highest BCUT2D eigenvalue weighted by Gasteiger charge is 2.11. The van der Waals surface area contributed by atoms with Crippen LogP contribution in [0.3, 0.4) is 0 Å². The summed E-state index contributed by atoms with van der Waals surface area (Å²) in [4.78, 5) is 0. The first-order valence-corrected chi connectivity index (χ1v) is 6.51. The van der Waals surface area contributed by atoms with E-state index in [9.17, 15) is 4.39 Å². The minimum atomic E-state index is -0.134. The molecule has 1 heterocycles. The van der Waals surface area contributed by atoms with E-state index in [-0.39, 0.29) is 5.82 Å². The molecule has 0 saturated heterocycles. The van der Waals surface area contributed by atoms with Gasteiger partial charge in [-0.25, -0.2) is 4.39 Å². The van der Waals surface area contributed by atoms with Gasteiger partial charge in [0.15, 0.2) is 0 Å². The molecule has 1 aromatic carbocycles. The summed E-state index contributed by atoms with van der Waals surface area (Å²) in [6.45, 7) is 8.53. The Morgan fingerprint density at radius 3 is 2.47 bits per heavy atom. The van der Waals surface area contributed by atoms with Crippen molar-refractivity contribution in [3.05, 3.63) is 40.8 Å². The van der Waals surface area contributed by atoms with Crippen LogP contribution in [0.2, 0.25) is 0 Å². The second-order valence-corrected chi connectivity index (χ2v) is 5.23. The number of halogens is 1. The van der Waals surface area contributed by atoms with Gasteiger partial charge in [-0.05, 0) is 37.1 Å². The Balaban J connectivity index is 2.34. The van der Waals surface area contributed by atoms with Crippen LogP contribution in [0.4, 0.5) is 4.39 Å². The number of benzene rings is 1. The molecular formula is C15H20FN3. The Morgan fingerprint density at radius 1 is 1.26 bits per heavy atom. The molecule has 102 valence electrons. The number of aryl methyl sites for hydroxylation is 2. The van der Waals surface area contributed by atoms with E-state index in [2.05, 4.69) is 29.4 Å². The molecular weight excluding hydrogens is 241 g/mol. The summed E-state index contributed by atoms with van der Waals surface area (Å²) < 4.78 is 13.7. The fourth-order valence-corrected chi connectivity index (χ4v) is 2.10. The van der Waals surface area contributed by atoms with Crippen LogP contribution in [-0.2, 0) is 6.54 Å². The molecule has 0 amide bonds. The topological polar surface area (TPSA) is 40.7 Å². The van der Waals surface area contributed by atoms with Gasteiger partial charge in [0.2, 0.25) is 0 Å². The SMILES string of the molecule is Cc1cc(-c2[nH]ncc2CNC(C)C)cc(C)c1F. The molecule has 0 spiro atoms. The standard InChI is InChI=1S/C15H20FN3/c1-9(2)17-7-13-8-18-19-15(13)12-5-10(3)14(16)11(4)6-12/h5-6,8-9,17H,7H2,1-4H3,(H,18,19). The smallest absolute Gasteiger partial charge is 0.129 e. The molecule has 19 heavy (non-hydrogen) atoms. The van der Waals surface area contributed by atoms with Gasteiger partial charge in [0.25, 0.3) is 0 Å². The van der Waals surface area contributed by atoms with E-state index in [0.29, 0.717) is 17.2 Å². The van der Waals surface area contributed by atoms with E-state index in [1.54, 1.807) is 13.8 Å². The van der Waals surface area contributed by atoms with Crippen LogP contribution in [0.15, 0.2) is 18.3 Å². The van der Waals surface area contributed by atoms with Crippen LogP contribution in [-0.4, -0.2) is 16.2 Å². The van der Waals surface area contributed by atoms with E-state index < -0.39 is 0 Å². The largest absolute Gasteiger partial charge is 0.310 e. The maximum Gasteiger partial charge on any atom is 0.129 e. The molecule has 2 N–H and O–H groups in total. The van der Waals surface area contributed by atoms with Crippen LogP contribution in [0.5, 0.6) is 0 Å². The number of rotatable bonds is 4. The Labute approximate surface area is 113 Å². The number of hydrogen-bond donors (Lipinski definition) is 2. The molecule has 0 aliphatic carbocycles. The van der Waals surface area contributed by atoms with Crippen LogP contribution >= 0.6 is 0 Å². The van der Waals surface area contributed by atoms with Gasteiger partial charge in [-0.15, -0.1) is 0 Å². The fraction of sp³-hybridized carbons (Fsp3) is 0.400. The van der Waals surface area contributed by atoms with Gasteiger partial charge in [0, 0.05) is 23.7 Å². The van der Waals surface area contributed by atoms with Crippen LogP contribution in [0.1, 0.15) is 30.5 Å². The summed E-state index contributed by atoms with van der Waals surface area (Å²) in [5.41, 5.74) is 4.35. The minimum Gasteiger partial charge on any atom is -0.310 e. The van der Waals surface area contributed by atoms with Crippen molar-refractivity contribution >= 4 is 0 Å². The lowest BCUT2D eigenvalue weighted by molar-refractivity contribution is 0.589. The van der Waals surface area contributed by atoms with E-state index in [1.165, 1.54) is 0 Å². The number of hydrogen-bond acceptors (Lipinski definition) is 2. The number of nitrogens with one attached hydrogen (secondary N) is 2. The number of nitrogens with zero attached hydrogens (tertiary/aromatic N) is 1. The van der Waals surface area contributed by atoms with E-state index in [4.69, 9.17) is 0 Å². The van der Waals surface area contributed by atoms with E-state index in [1.807, 2.05) is 18.3 Å². The molecule has 0 aliphatic rings. The quantitative estimate of drug-likeness (QED) is 0.886. The maximum atomic E-state index is 13.7. The molecule has 0 fully saturated rings. The normalized spacial score (nSPS) is 11.3. The molecule has 0 atom stereocenters. The average molecular weight is 261 g/mol. The lowest BCUT2D eigenvalue weighted by Gasteiger charge is -2.10.